The summed E-state index contributed by atoms with van der Waals surface area (Å²) in [6.45, 7) is 5.25. The fraction of sp³-hybridized carbons (Fsp3) is 0.571. The van der Waals surface area contributed by atoms with Gasteiger partial charge >= 0.3 is 0 Å². The van der Waals surface area contributed by atoms with Crippen LogP contribution in [0.2, 0.25) is 10.0 Å². The Labute approximate surface area is 209 Å². The molecule has 2 aliphatic rings. The first-order valence-electron chi connectivity index (χ1n) is 12.7. The Bertz CT molecular complexity index is 875. The highest BCUT2D eigenvalue weighted by Gasteiger charge is 2.34. The van der Waals surface area contributed by atoms with Crippen LogP contribution >= 0.6 is 23.2 Å². The third-order valence-electron chi connectivity index (χ3n) is 7.88. The molecule has 1 atom stereocenters. The molecule has 0 aliphatic carbocycles. The first-order chi connectivity index (χ1) is 16.0. The zero-order chi connectivity index (χ0) is 23.2. The molecule has 0 radical (unpaired) electrons. The van der Waals surface area contributed by atoms with Crippen LogP contribution in [0.5, 0.6) is 0 Å². The fourth-order valence-corrected chi connectivity index (χ4v) is 6.03. The summed E-state index contributed by atoms with van der Waals surface area (Å²) in [6.07, 6.45) is 10.3. The van der Waals surface area contributed by atoms with Crippen LogP contribution in [0, 0.1) is 0 Å². The topological polar surface area (TPSA) is 35.5 Å². The van der Waals surface area contributed by atoms with E-state index >= 15 is 0 Å². The molecule has 0 saturated carbocycles. The highest BCUT2D eigenvalue weighted by atomic mass is 35.5. The average molecular weight is 490 g/mol. The van der Waals surface area contributed by atoms with Gasteiger partial charge in [-0.2, -0.15) is 0 Å². The van der Waals surface area contributed by atoms with Crippen molar-refractivity contribution in [3.63, 3.8) is 0 Å². The monoisotopic (exact) mass is 488 g/mol. The van der Waals surface area contributed by atoms with E-state index < -0.39 is 5.60 Å². The standard InChI is InChI=1S/C28H38Cl2N2O/c29-25-12-11-24(21-26(25)30)27(14-8-17-31-22-27)13-6-1-2-7-18-32-19-15-28(33,16-20-32)23-9-4-3-5-10-23/h3-5,9-12,21,31,33H,1-2,6-8,13-20,22H2. The van der Waals surface area contributed by atoms with Crippen LogP contribution < -0.4 is 5.32 Å². The second-order valence-corrected chi connectivity index (χ2v) is 10.9. The Balaban J connectivity index is 1.19. The zero-order valence-corrected chi connectivity index (χ0v) is 21.2. The van der Waals surface area contributed by atoms with E-state index in [4.69, 9.17) is 23.2 Å². The Kier molecular flexibility index (Phi) is 8.75. The van der Waals surface area contributed by atoms with Crippen LogP contribution in [0.25, 0.3) is 0 Å². The van der Waals surface area contributed by atoms with E-state index in [0.717, 1.165) is 51.1 Å². The summed E-state index contributed by atoms with van der Waals surface area (Å²) in [5, 5.41) is 16.0. The molecule has 2 saturated heterocycles. The Morgan fingerprint density at radius 2 is 1.61 bits per heavy atom. The maximum Gasteiger partial charge on any atom is 0.0920 e. The van der Waals surface area contributed by atoms with Gasteiger partial charge in [0.05, 0.1) is 15.6 Å². The highest BCUT2D eigenvalue weighted by Crippen LogP contribution is 2.39. The number of nitrogens with one attached hydrogen (secondary N) is 1. The molecule has 33 heavy (non-hydrogen) atoms. The molecule has 1 unspecified atom stereocenters. The number of unbranched alkanes of at least 4 members (excludes halogenated alkanes) is 3. The molecular weight excluding hydrogens is 451 g/mol. The molecule has 4 rings (SSSR count). The van der Waals surface area contributed by atoms with E-state index in [9.17, 15) is 5.11 Å². The number of halogens is 2. The summed E-state index contributed by atoms with van der Waals surface area (Å²) in [7, 11) is 0. The van der Waals surface area contributed by atoms with Crippen LogP contribution in [0.3, 0.4) is 0 Å². The molecule has 2 aromatic rings. The first kappa shape index (κ1) is 25.0. The number of benzene rings is 2. The Morgan fingerprint density at radius 3 is 2.30 bits per heavy atom. The van der Waals surface area contributed by atoms with Crippen molar-refractivity contribution in [3.8, 4) is 0 Å². The molecule has 0 aromatic heterocycles. The van der Waals surface area contributed by atoms with Gasteiger partial charge in [0.15, 0.2) is 0 Å². The summed E-state index contributed by atoms with van der Waals surface area (Å²) < 4.78 is 0. The van der Waals surface area contributed by atoms with Crippen LogP contribution in [0.15, 0.2) is 48.5 Å². The van der Waals surface area contributed by atoms with Crippen molar-refractivity contribution < 1.29 is 5.11 Å². The van der Waals surface area contributed by atoms with Gasteiger partial charge in [0, 0.05) is 25.0 Å². The van der Waals surface area contributed by atoms with Crippen molar-refractivity contribution in [2.45, 2.75) is 68.8 Å². The predicted molar refractivity (Wildman–Crippen MR) is 139 cm³/mol. The predicted octanol–water partition coefficient (Wildman–Crippen LogP) is 6.55. The number of aliphatic hydroxyl groups is 1. The molecule has 3 nitrogen and oxygen atoms in total. The van der Waals surface area contributed by atoms with Crippen molar-refractivity contribution in [2.24, 2.45) is 0 Å². The Hall–Kier alpha value is -1.10. The number of rotatable bonds is 9. The number of likely N-dealkylation sites (tertiary alicyclic amines) is 1. The van der Waals surface area contributed by atoms with Crippen LogP contribution in [-0.2, 0) is 11.0 Å². The van der Waals surface area contributed by atoms with Crippen LogP contribution in [-0.4, -0.2) is 42.7 Å². The van der Waals surface area contributed by atoms with Gasteiger partial charge in [0.25, 0.3) is 0 Å². The van der Waals surface area contributed by atoms with Gasteiger partial charge < -0.3 is 15.3 Å². The van der Waals surface area contributed by atoms with Gasteiger partial charge in [-0.25, -0.2) is 0 Å². The van der Waals surface area contributed by atoms with E-state index in [0.29, 0.717) is 10.0 Å². The van der Waals surface area contributed by atoms with E-state index in [1.807, 2.05) is 24.3 Å². The lowest BCUT2D eigenvalue weighted by Crippen LogP contribution is -2.43. The molecule has 2 N–H and O–H groups in total. The minimum Gasteiger partial charge on any atom is -0.385 e. The quantitative estimate of drug-likeness (QED) is 0.392. The summed E-state index contributed by atoms with van der Waals surface area (Å²) in [4.78, 5) is 2.53. The van der Waals surface area contributed by atoms with Crippen LogP contribution in [0.1, 0.15) is 68.9 Å². The summed E-state index contributed by atoms with van der Waals surface area (Å²) in [5.74, 6) is 0. The molecule has 0 bridgehead atoms. The minimum atomic E-state index is -0.648. The molecule has 180 valence electrons. The number of piperidine rings is 2. The first-order valence-corrected chi connectivity index (χ1v) is 13.4. The fourth-order valence-electron chi connectivity index (χ4n) is 5.73. The summed E-state index contributed by atoms with van der Waals surface area (Å²) in [6, 6.07) is 16.4. The van der Waals surface area contributed by atoms with Gasteiger partial charge in [-0.1, -0.05) is 78.9 Å². The van der Waals surface area contributed by atoms with Gasteiger partial charge in [0.2, 0.25) is 0 Å². The summed E-state index contributed by atoms with van der Waals surface area (Å²) in [5.41, 5.74) is 1.94. The van der Waals surface area contributed by atoms with Gasteiger partial charge in [-0.15, -0.1) is 0 Å². The van der Waals surface area contributed by atoms with Gasteiger partial charge in [-0.3, -0.25) is 0 Å². The average Bonchev–Trinajstić information content (AvgIpc) is 2.85. The summed E-state index contributed by atoms with van der Waals surface area (Å²) >= 11 is 12.5. The van der Waals surface area contributed by atoms with Crippen molar-refractivity contribution in [2.75, 3.05) is 32.7 Å². The minimum absolute atomic E-state index is 0.182. The molecule has 2 heterocycles. The van der Waals surface area contributed by atoms with Crippen molar-refractivity contribution >= 4 is 23.2 Å². The molecule has 2 aromatic carbocycles. The Morgan fingerprint density at radius 1 is 0.848 bits per heavy atom. The van der Waals surface area contributed by atoms with Gasteiger partial charge in [-0.05, 0) is 74.9 Å². The molecule has 2 fully saturated rings. The van der Waals surface area contributed by atoms with Gasteiger partial charge in [0.1, 0.15) is 0 Å². The van der Waals surface area contributed by atoms with Crippen molar-refractivity contribution in [1.29, 1.82) is 0 Å². The smallest absolute Gasteiger partial charge is 0.0920 e. The lowest BCUT2D eigenvalue weighted by molar-refractivity contribution is -0.0261. The lowest BCUT2D eigenvalue weighted by Gasteiger charge is -2.39. The molecular formula is C28H38Cl2N2O. The van der Waals surface area contributed by atoms with Crippen molar-refractivity contribution in [3.05, 3.63) is 69.7 Å². The lowest BCUT2D eigenvalue weighted by atomic mass is 9.71. The number of nitrogens with zero attached hydrogens (tertiary/aromatic N) is 1. The molecule has 5 heteroatoms. The second-order valence-electron chi connectivity index (χ2n) is 10.1. The highest BCUT2D eigenvalue weighted by molar-refractivity contribution is 6.42. The third-order valence-corrected chi connectivity index (χ3v) is 8.62. The largest absolute Gasteiger partial charge is 0.385 e. The maximum atomic E-state index is 11.0. The SMILES string of the molecule is OC1(c2ccccc2)CCN(CCCCCCC2(c3ccc(Cl)c(Cl)c3)CCCNC2)CC1. The maximum absolute atomic E-state index is 11.0. The number of hydrogen-bond acceptors (Lipinski definition) is 3. The van der Waals surface area contributed by atoms with E-state index in [1.54, 1.807) is 0 Å². The van der Waals surface area contributed by atoms with Crippen LogP contribution in [0.4, 0.5) is 0 Å². The number of hydrogen-bond donors (Lipinski definition) is 2. The van der Waals surface area contributed by atoms with E-state index in [2.05, 4.69) is 34.5 Å². The zero-order valence-electron chi connectivity index (χ0n) is 19.7. The molecule has 0 spiro atoms. The molecule has 0 amide bonds. The normalized spacial score (nSPS) is 23.5. The van der Waals surface area contributed by atoms with E-state index in [-0.39, 0.29) is 5.41 Å². The third kappa shape index (κ3) is 6.32. The second kappa shape index (κ2) is 11.6. The van der Waals surface area contributed by atoms with E-state index in [1.165, 1.54) is 50.5 Å². The molecule has 2 aliphatic heterocycles. The van der Waals surface area contributed by atoms with Crippen molar-refractivity contribution in [1.82, 2.24) is 10.2 Å².